The third kappa shape index (κ3) is 18.0. The maximum atomic E-state index is 13.6. The molecule has 0 aliphatic carbocycles. The van der Waals surface area contributed by atoms with Gasteiger partial charge in [0.05, 0.1) is 58.0 Å². The summed E-state index contributed by atoms with van der Waals surface area (Å²) in [5.41, 5.74) is 0. The van der Waals surface area contributed by atoms with Crippen molar-refractivity contribution in [1.29, 1.82) is 0 Å². The van der Waals surface area contributed by atoms with Crippen LogP contribution in [0.2, 0.25) is 0 Å². The van der Waals surface area contributed by atoms with Gasteiger partial charge in [-0.2, -0.15) is 0 Å². The molecule has 0 bridgehead atoms. The molecule has 9 aliphatic heterocycles. The molecule has 0 aromatic rings. The maximum Gasteiger partial charge on any atom is 0.217 e. The van der Waals surface area contributed by atoms with Crippen LogP contribution in [0.3, 0.4) is 0 Å². The van der Waals surface area contributed by atoms with E-state index in [2.05, 4.69) is 10.6 Å². The number of hydrogen-bond donors (Lipinski definition) is 26. The molecular weight excluding hydrogens is 1410 g/mol. The number of rotatable bonds is 24. The predicted molar refractivity (Wildman–Crippen MR) is 316 cm³/mol. The number of carbonyl (C=O) groups is 2. The normalized spacial score (nSPS) is 52.3. The maximum absolute atomic E-state index is 13.6. The number of hydrogen-bond acceptors (Lipinski definition) is 43. The highest BCUT2D eigenvalue weighted by molar-refractivity contribution is 5.73. The molecule has 45 heteroatoms. The molecule has 9 heterocycles. The van der Waals surface area contributed by atoms with E-state index in [1.165, 1.54) is 20.8 Å². The highest BCUT2D eigenvalue weighted by Gasteiger charge is 2.61. The van der Waals surface area contributed by atoms with Crippen molar-refractivity contribution in [2.75, 3.05) is 39.6 Å². The van der Waals surface area contributed by atoms with Gasteiger partial charge in [0, 0.05) is 13.8 Å². The fourth-order valence-electron chi connectivity index (χ4n) is 13.5. The van der Waals surface area contributed by atoms with Crippen LogP contribution in [0, 0.1) is 0 Å². The zero-order chi connectivity index (χ0) is 75.8. The number of aliphatic hydroxyl groups excluding tert-OH is 24. The lowest BCUT2D eigenvalue weighted by Gasteiger charge is -2.52. The van der Waals surface area contributed by atoms with E-state index in [0.29, 0.717) is 0 Å². The van der Waals surface area contributed by atoms with Gasteiger partial charge in [-0.15, -0.1) is 0 Å². The SMILES string of the molecule is CC(=O)NC1C(OCC2OC(OC3C(CO)OC(O)C(O)C3O)C(O)C(OC3OC(CO)C(OC4OC(C)C(O)C(O)C4O)C(OC4OC(CO)C(O)C(O)C4OC4OC(C)C(O)C(O)C4O)C3NC(C)=O)C2O)OC(CO)C(OC2OC(CO)C(O)C(O)C2O)C1OC1OC(C)C(O)C(O)C1O. The number of amides is 2. The van der Waals surface area contributed by atoms with E-state index in [0.717, 1.165) is 13.8 Å². The van der Waals surface area contributed by atoms with Gasteiger partial charge in [0.1, 0.15) is 201 Å². The lowest BCUT2D eigenvalue weighted by molar-refractivity contribution is -0.401. The van der Waals surface area contributed by atoms with Gasteiger partial charge in [-0.05, 0) is 20.8 Å². The molecule has 9 saturated heterocycles. The molecule has 0 radical (unpaired) electrons. The Bertz CT molecular complexity index is 2660. The number of carbonyl (C=O) groups excluding carboxylic acids is 2. The first-order valence-corrected chi connectivity index (χ1v) is 33.2. The standard InChI is InChI=1S/C58H98N2O43/c1-12-25(68)31(74)38(81)53(88-12)98-45-21(10-65)95-52(24(60-16(5)67)47(45)101-58-49(35(78)29(72)18(7-62)93-58)103-55-40(83)33(76)27(70)14(3)90-55)102-48-30(73)22(96-57(42(48)85)97-43-19(8-63)91-50(86)37(80)36(43)79)11-87-51-23(59-15(4)66)46(100-54-39(82)32(75)26(69)13(2)89-54)44(20(9-64)94-51)99-56-41(84)34(77)28(71)17(6-61)92-56/h12-14,17-58,61-65,68-86H,6-11H2,1-5H3,(H,59,66)(H,60,67). The molecule has 598 valence electrons. The monoisotopic (exact) mass is 1510 g/mol. The molecule has 45 unspecified atom stereocenters. The molecule has 103 heavy (non-hydrogen) atoms. The van der Waals surface area contributed by atoms with E-state index in [4.69, 9.17) is 80.5 Å². The largest absolute Gasteiger partial charge is 0.394 e. The van der Waals surface area contributed by atoms with Gasteiger partial charge in [-0.25, -0.2) is 0 Å². The smallest absolute Gasteiger partial charge is 0.217 e. The molecule has 0 spiro atoms. The molecule has 2 amide bonds. The molecule has 9 rings (SSSR count). The second kappa shape index (κ2) is 36.0. The minimum atomic E-state index is -2.49. The van der Waals surface area contributed by atoms with E-state index < -0.39 is 328 Å². The summed E-state index contributed by atoms with van der Waals surface area (Å²) in [7, 11) is 0. The Balaban J connectivity index is 1.10. The van der Waals surface area contributed by atoms with Crippen LogP contribution in [-0.2, 0) is 90.1 Å². The third-order valence-corrected chi connectivity index (χ3v) is 19.4. The highest BCUT2D eigenvalue weighted by Crippen LogP contribution is 2.41. The first-order chi connectivity index (χ1) is 48.6. The van der Waals surface area contributed by atoms with Crippen molar-refractivity contribution in [1.82, 2.24) is 10.6 Å². The molecule has 0 saturated carbocycles. The Kier molecular flexibility index (Phi) is 29.5. The van der Waals surface area contributed by atoms with Gasteiger partial charge in [-0.1, -0.05) is 0 Å². The lowest BCUT2D eigenvalue weighted by Crippen LogP contribution is -2.72. The van der Waals surface area contributed by atoms with Crippen molar-refractivity contribution in [2.45, 2.75) is 311 Å². The molecule has 45 nitrogen and oxygen atoms in total. The molecule has 9 fully saturated rings. The fourth-order valence-corrected chi connectivity index (χ4v) is 13.5. The summed E-state index contributed by atoms with van der Waals surface area (Å²) in [6.07, 6.45) is -86.3. The molecule has 9 aliphatic rings. The molecular formula is C58H98N2O43. The van der Waals surface area contributed by atoms with Crippen LogP contribution < -0.4 is 10.6 Å². The van der Waals surface area contributed by atoms with Crippen molar-refractivity contribution in [3.05, 3.63) is 0 Å². The Hall–Kier alpha value is -2.70. The van der Waals surface area contributed by atoms with Gasteiger partial charge in [0.25, 0.3) is 0 Å². The average Bonchev–Trinajstić information content (AvgIpc) is 0.758. The zero-order valence-electron chi connectivity index (χ0n) is 55.7. The van der Waals surface area contributed by atoms with Crippen molar-refractivity contribution >= 4 is 11.8 Å². The van der Waals surface area contributed by atoms with Crippen molar-refractivity contribution in [3.63, 3.8) is 0 Å². The Morgan fingerprint density at radius 2 is 0.583 bits per heavy atom. The number of ether oxygens (including phenoxy) is 17. The minimum absolute atomic E-state index is 0.916. The van der Waals surface area contributed by atoms with E-state index in [-0.39, 0.29) is 0 Å². The van der Waals surface area contributed by atoms with Gasteiger partial charge in [-0.3, -0.25) is 9.59 Å². The van der Waals surface area contributed by atoms with Crippen LogP contribution in [0.15, 0.2) is 0 Å². The first-order valence-electron chi connectivity index (χ1n) is 33.2. The fraction of sp³-hybridized carbons (Fsp3) is 0.966. The van der Waals surface area contributed by atoms with Crippen LogP contribution in [0.5, 0.6) is 0 Å². The minimum Gasteiger partial charge on any atom is -0.394 e. The van der Waals surface area contributed by atoms with Gasteiger partial charge in [0.2, 0.25) is 11.8 Å². The van der Waals surface area contributed by atoms with Crippen LogP contribution in [-0.4, -0.2) is 450 Å². The highest BCUT2D eigenvalue weighted by atomic mass is 16.8. The van der Waals surface area contributed by atoms with Crippen molar-refractivity contribution < 1.29 is 213 Å². The molecule has 45 atom stereocenters. The summed E-state index contributed by atoms with van der Waals surface area (Å²) in [6, 6.07) is -3.97. The van der Waals surface area contributed by atoms with Crippen molar-refractivity contribution in [3.8, 4) is 0 Å². The molecule has 0 aromatic heterocycles. The van der Waals surface area contributed by atoms with Gasteiger partial charge < -0.3 is 214 Å². The van der Waals surface area contributed by atoms with Crippen LogP contribution >= 0.6 is 0 Å². The van der Waals surface area contributed by atoms with Crippen LogP contribution in [0.4, 0.5) is 0 Å². The summed E-state index contributed by atoms with van der Waals surface area (Å²) in [6.45, 7) is -0.979. The van der Waals surface area contributed by atoms with E-state index in [1.54, 1.807) is 0 Å². The van der Waals surface area contributed by atoms with Crippen molar-refractivity contribution in [2.24, 2.45) is 0 Å². The summed E-state index contributed by atoms with van der Waals surface area (Å²) < 4.78 is 102. The molecule has 0 aromatic carbocycles. The summed E-state index contributed by atoms with van der Waals surface area (Å²) in [5, 5.41) is 269. The zero-order valence-corrected chi connectivity index (χ0v) is 55.7. The number of aliphatic hydroxyl groups is 24. The van der Waals surface area contributed by atoms with Gasteiger partial charge in [0.15, 0.2) is 56.6 Å². The Labute approximate surface area is 584 Å². The summed E-state index contributed by atoms with van der Waals surface area (Å²) in [4.78, 5) is 27.0. The molecule has 26 N–H and O–H groups in total. The number of nitrogens with one attached hydrogen (secondary N) is 2. The van der Waals surface area contributed by atoms with E-state index >= 15 is 0 Å². The summed E-state index contributed by atoms with van der Waals surface area (Å²) >= 11 is 0. The second-order valence-electron chi connectivity index (χ2n) is 26.6. The Morgan fingerprint density at radius 1 is 0.272 bits per heavy atom. The first kappa shape index (κ1) is 84.3. The van der Waals surface area contributed by atoms with Crippen LogP contribution in [0.1, 0.15) is 34.6 Å². The summed E-state index contributed by atoms with van der Waals surface area (Å²) in [5.74, 6) is -1.96. The average molecular weight is 1510 g/mol. The predicted octanol–water partition coefficient (Wildman–Crippen LogP) is -17.3. The second-order valence-corrected chi connectivity index (χ2v) is 26.6. The quantitative estimate of drug-likeness (QED) is 0.0427. The lowest BCUT2D eigenvalue weighted by atomic mass is 9.93. The van der Waals surface area contributed by atoms with Gasteiger partial charge >= 0.3 is 0 Å². The Morgan fingerprint density at radius 3 is 1.03 bits per heavy atom. The topological polar surface area (TPSA) is 701 Å². The van der Waals surface area contributed by atoms with Crippen LogP contribution in [0.25, 0.3) is 0 Å². The van der Waals surface area contributed by atoms with E-state index in [9.17, 15) is 132 Å². The van der Waals surface area contributed by atoms with E-state index in [1.807, 2.05) is 0 Å². The third-order valence-electron chi connectivity index (χ3n) is 19.4.